The minimum Gasteiger partial charge on any atom is -0.488 e. The molecule has 6 nitrogen and oxygen atoms in total. The van der Waals surface area contributed by atoms with Crippen LogP contribution < -0.4 is 9.64 Å². The van der Waals surface area contributed by atoms with Crippen LogP contribution in [0.25, 0.3) is 0 Å². The monoisotopic (exact) mass is 473 g/mol. The number of anilines is 1. The molecule has 32 heavy (non-hydrogen) atoms. The van der Waals surface area contributed by atoms with Gasteiger partial charge in [-0.25, -0.2) is 9.29 Å². The lowest BCUT2D eigenvalue weighted by Gasteiger charge is -2.15. The van der Waals surface area contributed by atoms with Gasteiger partial charge in [0.25, 0.3) is 11.8 Å². The molecule has 1 aliphatic heterocycles. The van der Waals surface area contributed by atoms with Gasteiger partial charge in [-0.2, -0.15) is 0 Å². The first-order valence-electron chi connectivity index (χ1n) is 9.35. The van der Waals surface area contributed by atoms with Crippen LogP contribution >= 0.6 is 23.2 Å². The van der Waals surface area contributed by atoms with E-state index >= 15 is 0 Å². The third kappa shape index (κ3) is 4.04. The van der Waals surface area contributed by atoms with Gasteiger partial charge in [-0.1, -0.05) is 41.4 Å². The largest absolute Gasteiger partial charge is 0.488 e. The Morgan fingerprint density at radius 3 is 2.41 bits per heavy atom. The summed E-state index contributed by atoms with van der Waals surface area (Å²) in [4.78, 5) is 37.7. The smallest absolute Gasteiger partial charge is 0.307 e. The molecule has 0 spiro atoms. The van der Waals surface area contributed by atoms with E-state index in [0.29, 0.717) is 9.92 Å². The first-order valence-corrected chi connectivity index (χ1v) is 10.1. The maximum atomic E-state index is 14.7. The summed E-state index contributed by atoms with van der Waals surface area (Å²) in [6.07, 6.45) is -0.396. The number of carboxylic acids is 1. The lowest BCUT2D eigenvalue weighted by molar-refractivity contribution is -0.136. The van der Waals surface area contributed by atoms with Crippen molar-refractivity contribution in [2.24, 2.45) is 0 Å². The minimum atomic E-state index is -1.13. The number of halogens is 3. The molecule has 0 aromatic heterocycles. The summed E-state index contributed by atoms with van der Waals surface area (Å²) in [7, 11) is 0. The fourth-order valence-electron chi connectivity index (χ4n) is 3.44. The van der Waals surface area contributed by atoms with Crippen molar-refractivity contribution in [2.75, 3.05) is 4.90 Å². The number of rotatable bonds is 6. The third-order valence-corrected chi connectivity index (χ3v) is 5.39. The molecule has 1 heterocycles. The molecule has 0 radical (unpaired) electrons. The number of imide groups is 1. The van der Waals surface area contributed by atoms with Crippen LogP contribution in [0.2, 0.25) is 10.0 Å². The molecule has 0 aliphatic carbocycles. The Morgan fingerprint density at radius 2 is 1.72 bits per heavy atom. The summed E-state index contributed by atoms with van der Waals surface area (Å²) >= 11 is 12.2. The van der Waals surface area contributed by atoms with Crippen molar-refractivity contribution in [3.63, 3.8) is 0 Å². The van der Waals surface area contributed by atoms with Crippen LogP contribution in [0.3, 0.4) is 0 Å². The lowest BCUT2D eigenvalue weighted by Crippen LogP contribution is -2.30. The van der Waals surface area contributed by atoms with Crippen molar-refractivity contribution in [2.45, 2.75) is 13.0 Å². The maximum absolute atomic E-state index is 14.7. The number of carboxylic acid groups (broad SMARTS) is 1. The number of carbonyl (C=O) groups is 3. The third-order valence-electron chi connectivity index (χ3n) is 4.84. The van der Waals surface area contributed by atoms with E-state index in [4.69, 9.17) is 33.0 Å². The highest BCUT2D eigenvalue weighted by Gasteiger charge is 2.42. The number of hydrogen-bond donors (Lipinski definition) is 1. The quantitative estimate of drug-likeness (QED) is 0.501. The van der Waals surface area contributed by atoms with Gasteiger partial charge in [-0.3, -0.25) is 14.4 Å². The van der Waals surface area contributed by atoms with E-state index < -0.39 is 30.0 Å². The molecule has 9 heteroatoms. The predicted molar refractivity (Wildman–Crippen MR) is 116 cm³/mol. The van der Waals surface area contributed by atoms with Gasteiger partial charge in [0.2, 0.25) is 0 Å². The molecule has 4 rings (SSSR count). The molecular weight excluding hydrogens is 460 g/mol. The molecule has 1 aliphatic rings. The first-order chi connectivity index (χ1) is 15.3. The Kier molecular flexibility index (Phi) is 5.86. The molecule has 0 unspecified atom stereocenters. The van der Waals surface area contributed by atoms with Crippen molar-refractivity contribution < 1.29 is 28.6 Å². The predicted octanol–water partition coefficient (Wildman–Crippen LogP) is 5.14. The number of carbonyl (C=O) groups excluding carboxylic acids is 2. The van der Waals surface area contributed by atoms with Gasteiger partial charge in [0, 0.05) is 5.02 Å². The molecule has 0 saturated carbocycles. The first kappa shape index (κ1) is 21.8. The van der Waals surface area contributed by atoms with Crippen molar-refractivity contribution in [3.05, 3.63) is 92.7 Å². The van der Waals surface area contributed by atoms with Crippen LogP contribution in [0.15, 0.2) is 54.6 Å². The second-order valence-corrected chi connectivity index (χ2v) is 7.86. The fourth-order valence-corrected chi connectivity index (χ4v) is 3.89. The van der Waals surface area contributed by atoms with Crippen molar-refractivity contribution >= 4 is 46.7 Å². The Morgan fingerprint density at radius 1 is 0.969 bits per heavy atom. The van der Waals surface area contributed by atoms with Crippen LogP contribution in [0.4, 0.5) is 10.1 Å². The number of amides is 2. The van der Waals surface area contributed by atoms with E-state index in [2.05, 4.69) is 0 Å². The average Bonchev–Trinajstić information content (AvgIpc) is 2.99. The second kappa shape index (κ2) is 8.61. The topological polar surface area (TPSA) is 83.9 Å². The number of hydrogen-bond acceptors (Lipinski definition) is 4. The summed E-state index contributed by atoms with van der Waals surface area (Å²) in [5, 5.41) is 9.42. The normalized spacial score (nSPS) is 12.8. The van der Waals surface area contributed by atoms with E-state index in [1.54, 1.807) is 24.3 Å². The van der Waals surface area contributed by atoms with Gasteiger partial charge >= 0.3 is 5.97 Å². The van der Waals surface area contributed by atoms with Crippen molar-refractivity contribution in [1.29, 1.82) is 0 Å². The molecule has 3 aromatic carbocycles. The number of nitrogens with zero attached hydrogens (tertiary/aromatic N) is 1. The van der Waals surface area contributed by atoms with Crippen molar-refractivity contribution in [1.82, 2.24) is 0 Å². The molecule has 2 amide bonds. The van der Waals surface area contributed by atoms with Crippen LogP contribution in [-0.4, -0.2) is 22.9 Å². The summed E-state index contributed by atoms with van der Waals surface area (Å²) in [6, 6.07) is 13.3. The van der Waals surface area contributed by atoms with Gasteiger partial charge in [-0.15, -0.1) is 0 Å². The van der Waals surface area contributed by atoms with E-state index in [9.17, 15) is 18.8 Å². The van der Waals surface area contributed by atoms with E-state index in [1.807, 2.05) is 0 Å². The zero-order valence-corrected chi connectivity index (χ0v) is 17.8. The SMILES string of the molecule is O=C(O)Cc1ccc(N2C(=O)c3c(Cl)ccc(OCc4cccc(Cl)c4)c3C2=O)c(F)c1. The van der Waals surface area contributed by atoms with Gasteiger partial charge in [0.1, 0.15) is 18.2 Å². The summed E-state index contributed by atoms with van der Waals surface area (Å²) in [5.74, 6) is -3.51. The molecular formula is C23H14Cl2FNO5. The Bertz CT molecular complexity index is 1280. The minimum absolute atomic E-state index is 0.0267. The van der Waals surface area contributed by atoms with Gasteiger partial charge < -0.3 is 9.84 Å². The molecule has 1 N–H and O–H groups in total. The van der Waals surface area contributed by atoms with Gasteiger partial charge in [0.05, 0.1) is 28.3 Å². The molecule has 0 atom stereocenters. The number of aliphatic carboxylic acids is 1. The van der Waals surface area contributed by atoms with Crippen molar-refractivity contribution in [3.8, 4) is 5.75 Å². The average molecular weight is 474 g/mol. The second-order valence-electron chi connectivity index (χ2n) is 7.02. The fraction of sp³-hybridized carbons (Fsp3) is 0.0870. The Hall–Kier alpha value is -3.42. The molecule has 0 bridgehead atoms. The Balaban J connectivity index is 1.68. The molecule has 0 saturated heterocycles. The Labute approximate surface area is 191 Å². The zero-order valence-electron chi connectivity index (χ0n) is 16.3. The van der Waals surface area contributed by atoms with Crippen LogP contribution in [0.1, 0.15) is 31.8 Å². The number of ether oxygens (including phenoxy) is 1. The number of benzene rings is 3. The molecule has 162 valence electrons. The van der Waals surface area contributed by atoms with Gasteiger partial charge in [0.15, 0.2) is 0 Å². The van der Waals surface area contributed by atoms with E-state index in [-0.39, 0.29) is 39.8 Å². The highest BCUT2D eigenvalue weighted by atomic mass is 35.5. The van der Waals surface area contributed by atoms with Crippen LogP contribution in [0, 0.1) is 5.82 Å². The van der Waals surface area contributed by atoms with Gasteiger partial charge in [-0.05, 0) is 47.5 Å². The summed E-state index contributed by atoms with van der Waals surface area (Å²) < 4.78 is 20.5. The van der Waals surface area contributed by atoms with Crippen LogP contribution in [-0.2, 0) is 17.8 Å². The highest BCUT2D eigenvalue weighted by Crippen LogP contribution is 2.39. The molecule has 3 aromatic rings. The van der Waals surface area contributed by atoms with E-state index in [1.165, 1.54) is 24.3 Å². The van der Waals surface area contributed by atoms with Crippen LogP contribution in [0.5, 0.6) is 5.75 Å². The highest BCUT2D eigenvalue weighted by molar-refractivity contribution is 6.42. The standard InChI is InChI=1S/C23H14Cl2FNO5/c24-14-3-1-2-13(8-14)11-32-18-7-5-15(25)20-21(18)23(31)27(22(20)30)17-6-4-12(9-16(17)26)10-19(28)29/h1-9H,10-11H2,(H,28,29). The number of fused-ring (bicyclic) bond motifs is 1. The summed E-state index contributed by atoms with van der Waals surface area (Å²) in [5.41, 5.74) is 0.476. The summed E-state index contributed by atoms with van der Waals surface area (Å²) in [6.45, 7) is 0.0777. The lowest BCUT2D eigenvalue weighted by atomic mass is 10.1. The maximum Gasteiger partial charge on any atom is 0.307 e. The van der Waals surface area contributed by atoms with E-state index in [0.717, 1.165) is 11.6 Å². The molecule has 0 fully saturated rings. The zero-order chi connectivity index (χ0) is 23.0.